The van der Waals surface area contributed by atoms with E-state index in [0.717, 1.165) is 0 Å². The molecular formula is C6H11NO2. The number of carbonyl (C=O) groups is 1. The lowest BCUT2D eigenvalue weighted by atomic mass is 10.5. The van der Waals surface area contributed by atoms with E-state index in [0.29, 0.717) is 12.3 Å². The number of hydrogen-bond donors (Lipinski definition) is 0. The number of carbonyl (C=O) groups excluding carboxylic acids is 1. The molecule has 0 aliphatic heterocycles. The number of amides is 1. The Hall–Kier alpha value is -0.860. The summed E-state index contributed by atoms with van der Waals surface area (Å²) in [4.78, 5) is 14.0. The minimum Gasteiger partial charge on any atom is -0.448 e. The van der Waals surface area contributed by atoms with Crippen LogP contribution in [0, 0.1) is 0 Å². The maximum atomic E-state index is 10.4. The minimum atomic E-state index is -0.502. The molecule has 0 aromatic heterocycles. The van der Waals surface area contributed by atoms with Gasteiger partial charge in [0.1, 0.15) is 0 Å². The molecule has 0 radical (unpaired) electrons. The Morgan fingerprint density at radius 1 is 1.56 bits per heavy atom. The summed E-state index contributed by atoms with van der Waals surface area (Å²) >= 11 is 0. The van der Waals surface area contributed by atoms with Gasteiger partial charge < -0.3 is 4.74 Å². The first-order chi connectivity index (χ1) is 4.16. The molecule has 0 rings (SSSR count). The predicted octanol–water partition coefficient (Wildman–Crippen LogP) is 1.62. The second-order valence-corrected chi connectivity index (χ2v) is 1.76. The first-order valence-corrected chi connectivity index (χ1v) is 2.85. The van der Waals surface area contributed by atoms with Crippen LogP contribution in [0.1, 0.15) is 20.8 Å². The fourth-order valence-electron chi connectivity index (χ4n) is 0.338. The average molecular weight is 129 g/mol. The molecule has 0 aromatic carbocycles. The van der Waals surface area contributed by atoms with E-state index in [-0.39, 0.29) is 0 Å². The molecule has 52 valence electrons. The highest BCUT2D eigenvalue weighted by Gasteiger charge is 1.93. The predicted molar refractivity (Wildman–Crippen MR) is 35.8 cm³/mol. The summed E-state index contributed by atoms with van der Waals surface area (Å²) in [6, 6.07) is 0. The van der Waals surface area contributed by atoms with Crippen molar-refractivity contribution >= 4 is 11.8 Å². The quantitative estimate of drug-likeness (QED) is 0.504. The Bertz CT molecular complexity index is 125. The third kappa shape index (κ3) is 5.00. The van der Waals surface area contributed by atoms with Crippen molar-refractivity contribution in [1.82, 2.24) is 0 Å². The summed E-state index contributed by atoms with van der Waals surface area (Å²) in [5.74, 6) is 0. The molecule has 3 heteroatoms. The van der Waals surface area contributed by atoms with Crippen LogP contribution >= 0.6 is 0 Å². The van der Waals surface area contributed by atoms with Gasteiger partial charge in [-0.15, -0.1) is 0 Å². The van der Waals surface area contributed by atoms with E-state index in [1.165, 1.54) is 0 Å². The summed E-state index contributed by atoms with van der Waals surface area (Å²) in [6.45, 7) is 5.63. The molecule has 0 fully saturated rings. The molecule has 0 atom stereocenters. The van der Waals surface area contributed by atoms with Crippen molar-refractivity contribution in [3.8, 4) is 0 Å². The number of hydrogen-bond acceptors (Lipinski definition) is 2. The van der Waals surface area contributed by atoms with E-state index >= 15 is 0 Å². The molecule has 0 spiro atoms. The zero-order valence-corrected chi connectivity index (χ0v) is 5.97. The van der Waals surface area contributed by atoms with Crippen LogP contribution in [0.4, 0.5) is 4.79 Å². The van der Waals surface area contributed by atoms with E-state index in [4.69, 9.17) is 0 Å². The Kier molecular flexibility index (Phi) is 3.67. The van der Waals surface area contributed by atoms with E-state index in [1.54, 1.807) is 20.8 Å². The van der Waals surface area contributed by atoms with Crippen molar-refractivity contribution in [2.75, 3.05) is 6.61 Å². The Morgan fingerprint density at radius 2 is 2.11 bits per heavy atom. The molecular weight excluding hydrogens is 118 g/mol. The van der Waals surface area contributed by atoms with Crippen LogP contribution in [0.5, 0.6) is 0 Å². The van der Waals surface area contributed by atoms with Gasteiger partial charge in [0.25, 0.3) is 0 Å². The molecule has 0 saturated heterocycles. The molecule has 0 heterocycles. The van der Waals surface area contributed by atoms with Gasteiger partial charge in [-0.25, -0.2) is 4.79 Å². The smallest absolute Gasteiger partial charge is 0.433 e. The summed E-state index contributed by atoms with van der Waals surface area (Å²) in [5, 5.41) is 0. The van der Waals surface area contributed by atoms with Gasteiger partial charge in [0.15, 0.2) is 0 Å². The maximum Gasteiger partial charge on any atom is 0.433 e. The van der Waals surface area contributed by atoms with Crippen molar-refractivity contribution in [2.45, 2.75) is 20.8 Å². The van der Waals surface area contributed by atoms with Gasteiger partial charge in [0.2, 0.25) is 0 Å². The molecule has 1 amide bonds. The van der Waals surface area contributed by atoms with Crippen molar-refractivity contribution in [3.63, 3.8) is 0 Å². The van der Waals surface area contributed by atoms with Crippen LogP contribution in [0.15, 0.2) is 4.99 Å². The Balaban J connectivity index is 3.63. The number of ether oxygens (including phenoxy) is 1. The lowest BCUT2D eigenvalue weighted by molar-refractivity contribution is 0.163. The lowest BCUT2D eigenvalue weighted by Gasteiger charge is -1.93. The largest absolute Gasteiger partial charge is 0.448 e. The topological polar surface area (TPSA) is 38.7 Å². The summed E-state index contributed by atoms with van der Waals surface area (Å²) in [6.07, 6.45) is -0.502. The van der Waals surface area contributed by atoms with Gasteiger partial charge in [-0.1, -0.05) is 0 Å². The van der Waals surface area contributed by atoms with Crippen molar-refractivity contribution in [1.29, 1.82) is 0 Å². The third-order valence-electron chi connectivity index (χ3n) is 0.583. The molecule has 0 N–H and O–H groups in total. The summed E-state index contributed by atoms with van der Waals surface area (Å²) in [5.41, 5.74) is 0.716. The number of nitrogens with zero attached hydrogens (tertiary/aromatic N) is 1. The molecule has 0 aliphatic rings. The standard InChI is InChI=1S/C6H11NO2/c1-4-9-6(8)7-5(2)3/h4H2,1-3H3. The molecule has 0 aromatic rings. The van der Waals surface area contributed by atoms with Crippen LogP contribution in [0.2, 0.25) is 0 Å². The van der Waals surface area contributed by atoms with Crippen LogP contribution in [0.25, 0.3) is 0 Å². The van der Waals surface area contributed by atoms with Gasteiger partial charge in [-0.3, -0.25) is 0 Å². The lowest BCUT2D eigenvalue weighted by Crippen LogP contribution is -1.99. The van der Waals surface area contributed by atoms with Gasteiger partial charge in [-0.2, -0.15) is 4.99 Å². The third-order valence-corrected chi connectivity index (χ3v) is 0.583. The van der Waals surface area contributed by atoms with Crippen molar-refractivity contribution < 1.29 is 9.53 Å². The van der Waals surface area contributed by atoms with Gasteiger partial charge in [0, 0.05) is 5.71 Å². The highest BCUT2D eigenvalue weighted by molar-refractivity contribution is 5.89. The van der Waals surface area contributed by atoms with Crippen LogP contribution in [-0.2, 0) is 4.74 Å². The SMILES string of the molecule is CCOC(=O)N=C(C)C. The van der Waals surface area contributed by atoms with Crippen LogP contribution in [-0.4, -0.2) is 18.4 Å². The number of aliphatic imine (C=N–C) groups is 1. The fourth-order valence-corrected chi connectivity index (χ4v) is 0.338. The van der Waals surface area contributed by atoms with E-state index < -0.39 is 6.09 Å². The highest BCUT2D eigenvalue weighted by atomic mass is 16.5. The Labute approximate surface area is 54.7 Å². The highest BCUT2D eigenvalue weighted by Crippen LogP contribution is 1.83. The molecule has 0 bridgehead atoms. The zero-order chi connectivity index (χ0) is 7.28. The molecule has 0 saturated carbocycles. The maximum absolute atomic E-state index is 10.4. The van der Waals surface area contributed by atoms with E-state index in [1.807, 2.05) is 0 Å². The van der Waals surface area contributed by atoms with Crippen LogP contribution in [0.3, 0.4) is 0 Å². The second kappa shape index (κ2) is 4.06. The van der Waals surface area contributed by atoms with Gasteiger partial charge >= 0.3 is 6.09 Å². The average Bonchev–Trinajstić information content (AvgIpc) is 1.63. The number of rotatable bonds is 1. The normalized spacial score (nSPS) is 8.33. The van der Waals surface area contributed by atoms with Crippen molar-refractivity contribution in [2.24, 2.45) is 4.99 Å². The Morgan fingerprint density at radius 3 is 2.44 bits per heavy atom. The van der Waals surface area contributed by atoms with Crippen LogP contribution < -0.4 is 0 Å². The van der Waals surface area contributed by atoms with Crippen molar-refractivity contribution in [3.05, 3.63) is 0 Å². The fraction of sp³-hybridized carbons (Fsp3) is 0.667. The summed E-state index contributed by atoms with van der Waals surface area (Å²) in [7, 11) is 0. The monoisotopic (exact) mass is 129 g/mol. The van der Waals surface area contributed by atoms with Gasteiger partial charge in [0.05, 0.1) is 6.61 Å². The molecule has 0 unspecified atom stereocenters. The summed E-state index contributed by atoms with van der Waals surface area (Å²) < 4.78 is 4.53. The molecule has 3 nitrogen and oxygen atoms in total. The first kappa shape index (κ1) is 8.14. The molecule has 9 heavy (non-hydrogen) atoms. The zero-order valence-electron chi connectivity index (χ0n) is 5.97. The molecule has 0 aliphatic carbocycles. The minimum absolute atomic E-state index is 0.385. The first-order valence-electron chi connectivity index (χ1n) is 2.85. The van der Waals surface area contributed by atoms with E-state index in [2.05, 4.69) is 9.73 Å². The van der Waals surface area contributed by atoms with Gasteiger partial charge in [-0.05, 0) is 20.8 Å². The van der Waals surface area contributed by atoms with E-state index in [9.17, 15) is 4.79 Å². The second-order valence-electron chi connectivity index (χ2n) is 1.76.